The fourth-order valence-electron chi connectivity index (χ4n) is 2.35. The number of carbonyl (C=O) groups excluding carboxylic acids is 1. The third-order valence-electron chi connectivity index (χ3n) is 3.78. The summed E-state index contributed by atoms with van der Waals surface area (Å²) in [5, 5.41) is 8.88. The van der Waals surface area contributed by atoms with Gasteiger partial charge in [-0.15, -0.1) is 0 Å². The summed E-state index contributed by atoms with van der Waals surface area (Å²) in [6.07, 6.45) is 3.01. The summed E-state index contributed by atoms with van der Waals surface area (Å²) in [5.41, 5.74) is 0. The Labute approximate surface area is 109 Å². The summed E-state index contributed by atoms with van der Waals surface area (Å²) in [7, 11) is 0. The van der Waals surface area contributed by atoms with Crippen molar-refractivity contribution in [3.63, 3.8) is 0 Å². The minimum atomic E-state index is -0.946. The Hall–Kier alpha value is -1.10. The molecule has 104 valence electrons. The highest BCUT2D eigenvalue weighted by atomic mass is 16.4. The van der Waals surface area contributed by atoms with Crippen molar-refractivity contribution in [1.82, 2.24) is 9.80 Å². The van der Waals surface area contributed by atoms with E-state index >= 15 is 0 Å². The smallest absolute Gasteiger partial charge is 0.323 e. The maximum absolute atomic E-state index is 12.2. The maximum Gasteiger partial charge on any atom is 0.323 e. The molecular weight excluding hydrogens is 232 g/mol. The second kappa shape index (κ2) is 6.73. The highest BCUT2D eigenvalue weighted by Crippen LogP contribution is 2.16. The minimum Gasteiger partial charge on any atom is -0.480 e. The molecule has 0 aromatic rings. The zero-order valence-corrected chi connectivity index (χ0v) is 11.6. The van der Waals surface area contributed by atoms with Gasteiger partial charge in [-0.25, -0.2) is 0 Å². The summed E-state index contributed by atoms with van der Waals surface area (Å²) in [4.78, 5) is 26.6. The Kier molecular flexibility index (Phi) is 5.59. The first-order valence-corrected chi connectivity index (χ1v) is 6.71. The third kappa shape index (κ3) is 3.98. The van der Waals surface area contributed by atoms with E-state index in [2.05, 4.69) is 11.8 Å². The molecule has 18 heavy (non-hydrogen) atoms. The van der Waals surface area contributed by atoms with E-state index in [1.54, 1.807) is 0 Å². The lowest BCUT2D eigenvalue weighted by Gasteiger charge is -2.30. The number of amides is 1. The monoisotopic (exact) mass is 256 g/mol. The molecule has 1 aliphatic heterocycles. The van der Waals surface area contributed by atoms with Crippen LogP contribution in [0.2, 0.25) is 0 Å². The molecule has 1 N–H and O–H groups in total. The van der Waals surface area contributed by atoms with E-state index in [4.69, 9.17) is 5.11 Å². The van der Waals surface area contributed by atoms with Crippen LogP contribution < -0.4 is 0 Å². The van der Waals surface area contributed by atoms with Gasteiger partial charge in [0.1, 0.15) is 6.54 Å². The van der Waals surface area contributed by atoms with Crippen molar-refractivity contribution in [1.29, 1.82) is 0 Å². The van der Waals surface area contributed by atoms with Gasteiger partial charge < -0.3 is 10.0 Å². The summed E-state index contributed by atoms with van der Waals surface area (Å²) < 4.78 is 0. The molecule has 1 heterocycles. The van der Waals surface area contributed by atoms with Crippen LogP contribution in [0.15, 0.2) is 0 Å². The molecule has 2 atom stereocenters. The summed E-state index contributed by atoms with van der Waals surface area (Å²) in [6.45, 7) is 7.06. The van der Waals surface area contributed by atoms with Crippen LogP contribution in [0, 0.1) is 0 Å². The largest absolute Gasteiger partial charge is 0.480 e. The Bertz CT molecular complexity index is 307. The zero-order valence-electron chi connectivity index (χ0n) is 11.6. The lowest BCUT2D eigenvalue weighted by Crippen LogP contribution is -2.47. The van der Waals surface area contributed by atoms with Crippen molar-refractivity contribution in [2.24, 2.45) is 0 Å². The predicted molar refractivity (Wildman–Crippen MR) is 69.4 cm³/mol. The normalized spacial score (nSPS) is 21.8. The van der Waals surface area contributed by atoms with E-state index in [0.29, 0.717) is 12.6 Å². The highest BCUT2D eigenvalue weighted by molar-refractivity contribution is 5.83. The van der Waals surface area contributed by atoms with E-state index in [-0.39, 0.29) is 18.5 Å². The van der Waals surface area contributed by atoms with E-state index in [1.807, 2.05) is 13.8 Å². The lowest BCUT2D eigenvalue weighted by molar-refractivity contribution is -0.146. The van der Waals surface area contributed by atoms with E-state index < -0.39 is 5.97 Å². The van der Waals surface area contributed by atoms with Crippen LogP contribution in [0.3, 0.4) is 0 Å². The van der Waals surface area contributed by atoms with Crippen molar-refractivity contribution in [3.05, 3.63) is 0 Å². The summed E-state index contributed by atoms with van der Waals surface area (Å²) >= 11 is 0. The summed E-state index contributed by atoms with van der Waals surface area (Å²) in [5.74, 6) is -1.02. The lowest BCUT2D eigenvalue weighted by atomic mass is 10.2. The Morgan fingerprint density at radius 1 is 1.50 bits per heavy atom. The van der Waals surface area contributed by atoms with Crippen LogP contribution in [-0.2, 0) is 9.59 Å². The van der Waals surface area contributed by atoms with Gasteiger partial charge in [0.05, 0.1) is 6.54 Å². The van der Waals surface area contributed by atoms with Gasteiger partial charge in [0.15, 0.2) is 0 Å². The van der Waals surface area contributed by atoms with Crippen molar-refractivity contribution < 1.29 is 14.7 Å². The first-order valence-electron chi connectivity index (χ1n) is 6.71. The van der Waals surface area contributed by atoms with Crippen molar-refractivity contribution in [2.75, 3.05) is 19.6 Å². The molecule has 0 unspecified atom stereocenters. The molecule has 5 nitrogen and oxygen atoms in total. The van der Waals surface area contributed by atoms with Gasteiger partial charge in [0.25, 0.3) is 0 Å². The SMILES string of the molecule is CC[C@@H](C)N(CC(=O)O)C(=O)CN1CCC[C@H]1C. The second-order valence-corrected chi connectivity index (χ2v) is 5.13. The van der Waals surface area contributed by atoms with Gasteiger partial charge in [0.2, 0.25) is 5.91 Å². The number of carboxylic acid groups (broad SMARTS) is 1. The first kappa shape index (κ1) is 15.0. The van der Waals surface area contributed by atoms with Gasteiger partial charge in [-0.05, 0) is 39.7 Å². The van der Waals surface area contributed by atoms with E-state index in [1.165, 1.54) is 4.90 Å². The molecule has 1 saturated heterocycles. The molecule has 0 bridgehead atoms. The van der Waals surface area contributed by atoms with Crippen molar-refractivity contribution in [3.8, 4) is 0 Å². The molecule has 5 heteroatoms. The molecule has 0 spiro atoms. The van der Waals surface area contributed by atoms with Crippen molar-refractivity contribution in [2.45, 2.75) is 52.1 Å². The quantitative estimate of drug-likeness (QED) is 0.775. The topological polar surface area (TPSA) is 60.9 Å². The third-order valence-corrected chi connectivity index (χ3v) is 3.78. The summed E-state index contributed by atoms with van der Waals surface area (Å²) in [6, 6.07) is 0.407. The molecular formula is C13H24N2O3. The standard InChI is InChI=1S/C13H24N2O3/c1-4-10(2)15(9-13(17)18)12(16)8-14-7-5-6-11(14)3/h10-11H,4-9H2,1-3H3,(H,17,18)/t10-,11-/m1/s1. The number of carboxylic acids is 1. The molecule has 0 aromatic carbocycles. The Morgan fingerprint density at radius 2 is 2.17 bits per heavy atom. The van der Waals surface area contributed by atoms with E-state index in [9.17, 15) is 9.59 Å². The molecule has 1 fully saturated rings. The fourth-order valence-corrected chi connectivity index (χ4v) is 2.35. The maximum atomic E-state index is 12.2. The number of rotatable bonds is 6. The number of hydrogen-bond acceptors (Lipinski definition) is 3. The second-order valence-electron chi connectivity index (χ2n) is 5.13. The van der Waals surface area contributed by atoms with Gasteiger partial charge in [-0.3, -0.25) is 14.5 Å². The van der Waals surface area contributed by atoms with Crippen molar-refractivity contribution >= 4 is 11.9 Å². The first-order chi connectivity index (χ1) is 8.45. The molecule has 0 radical (unpaired) electrons. The molecule has 1 rings (SSSR count). The number of hydrogen-bond donors (Lipinski definition) is 1. The van der Waals surface area contributed by atoms with Crippen LogP contribution in [-0.4, -0.2) is 58.5 Å². The van der Waals surface area contributed by atoms with Gasteiger partial charge in [0, 0.05) is 12.1 Å². The fraction of sp³-hybridized carbons (Fsp3) is 0.846. The molecule has 0 saturated carbocycles. The number of aliphatic carboxylic acids is 1. The highest BCUT2D eigenvalue weighted by Gasteiger charge is 2.27. The predicted octanol–water partition coefficient (Wildman–Crippen LogP) is 1.18. The van der Waals surface area contributed by atoms with E-state index in [0.717, 1.165) is 25.8 Å². The molecule has 0 aliphatic carbocycles. The van der Waals surface area contributed by atoms with Gasteiger partial charge in [-0.1, -0.05) is 6.92 Å². The number of nitrogens with zero attached hydrogens (tertiary/aromatic N) is 2. The number of likely N-dealkylation sites (tertiary alicyclic amines) is 1. The van der Waals surface area contributed by atoms with Crippen LogP contribution in [0.5, 0.6) is 0 Å². The van der Waals surface area contributed by atoms with Crippen LogP contribution in [0.25, 0.3) is 0 Å². The molecule has 0 aromatic heterocycles. The van der Waals surface area contributed by atoms with Crippen LogP contribution in [0.4, 0.5) is 0 Å². The average Bonchev–Trinajstić information content (AvgIpc) is 2.70. The van der Waals surface area contributed by atoms with Gasteiger partial charge >= 0.3 is 5.97 Å². The Balaban J connectivity index is 2.60. The average molecular weight is 256 g/mol. The Morgan fingerprint density at radius 3 is 2.61 bits per heavy atom. The van der Waals surface area contributed by atoms with Crippen LogP contribution in [0.1, 0.15) is 40.0 Å². The molecule has 1 aliphatic rings. The van der Waals surface area contributed by atoms with Gasteiger partial charge in [-0.2, -0.15) is 0 Å². The zero-order chi connectivity index (χ0) is 13.7. The minimum absolute atomic E-state index is 0.0218. The molecule has 1 amide bonds. The number of carbonyl (C=O) groups is 2. The van der Waals surface area contributed by atoms with Crippen LogP contribution >= 0.6 is 0 Å².